The van der Waals surface area contributed by atoms with Gasteiger partial charge in [0.15, 0.2) is 4.86 Å². The van der Waals surface area contributed by atoms with Gasteiger partial charge in [-0.15, -0.1) is 0 Å². The molecule has 0 N–H and O–H groups in total. The first kappa shape index (κ1) is 13.1. The van der Waals surface area contributed by atoms with Crippen molar-refractivity contribution in [3.05, 3.63) is 35.9 Å². The number of rotatable bonds is 4. The van der Waals surface area contributed by atoms with Crippen LogP contribution in [0.3, 0.4) is 0 Å². The minimum atomic E-state index is -2.79. The van der Waals surface area contributed by atoms with Crippen molar-refractivity contribution in [1.82, 2.24) is 0 Å². The molecule has 0 atom stereocenters. The van der Waals surface area contributed by atoms with Gasteiger partial charge in [-0.1, -0.05) is 30.3 Å². The van der Waals surface area contributed by atoms with E-state index in [0.29, 0.717) is 0 Å². The van der Waals surface area contributed by atoms with Gasteiger partial charge in [-0.05, 0) is 6.92 Å². The molecule has 0 radical (unpaired) electrons. The lowest BCUT2D eigenvalue weighted by atomic mass is 10.1. The molecule has 0 amide bonds. The average molecular weight is 254 g/mol. The highest BCUT2D eigenvalue weighted by Gasteiger charge is 2.24. The number of carbonyl (C=O) groups excluding carboxylic acids is 2. The molecule has 0 aliphatic rings. The fourth-order valence-electron chi connectivity index (χ4n) is 1.18. The highest BCUT2D eigenvalue weighted by molar-refractivity contribution is 7.75. The van der Waals surface area contributed by atoms with Crippen molar-refractivity contribution in [2.45, 2.75) is 6.92 Å². The molecule has 1 aromatic rings. The highest BCUT2D eigenvalue weighted by atomic mass is 32.2. The summed E-state index contributed by atoms with van der Waals surface area (Å²) in [6.45, 7) is 1.54. The maximum absolute atomic E-state index is 11.6. The standard InChI is InChI=1S/C11H10O5S/c1-2-16-11(13)9(12)10(17(14)15)8-6-4-3-5-7-8/h3-7H,2H2,1H3. The molecule has 0 unspecified atom stereocenters. The van der Waals surface area contributed by atoms with Crippen LogP contribution in [0.25, 0.3) is 0 Å². The number of esters is 1. The molecule has 90 valence electrons. The van der Waals surface area contributed by atoms with Gasteiger partial charge in [0.05, 0.1) is 6.61 Å². The van der Waals surface area contributed by atoms with Crippen LogP contribution in [0, 0.1) is 0 Å². The molecule has 5 nitrogen and oxygen atoms in total. The Kier molecular flexibility index (Phi) is 4.59. The summed E-state index contributed by atoms with van der Waals surface area (Å²) in [4.78, 5) is 22.2. The van der Waals surface area contributed by atoms with E-state index >= 15 is 0 Å². The monoisotopic (exact) mass is 254 g/mol. The van der Waals surface area contributed by atoms with Crippen molar-refractivity contribution >= 4 is 26.9 Å². The van der Waals surface area contributed by atoms with E-state index in [-0.39, 0.29) is 12.2 Å². The third-order valence-electron chi connectivity index (χ3n) is 1.87. The fraction of sp³-hybridized carbons (Fsp3) is 0.182. The summed E-state index contributed by atoms with van der Waals surface area (Å²) in [5.74, 6) is -2.33. The number of hydrogen-bond acceptors (Lipinski definition) is 5. The van der Waals surface area contributed by atoms with Crippen molar-refractivity contribution < 1.29 is 22.7 Å². The van der Waals surface area contributed by atoms with Crippen molar-refractivity contribution in [2.75, 3.05) is 6.61 Å². The zero-order valence-electron chi connectivity index (χ0n) is 9.04. The van der Waals surface area contributed by atoms with Gasteiger partial charge in [0.1, 0.15) is 0 Å². The normalized spacial score (nSPS) is 9.47. The van der Waals surface area contributed by atoms with Crippen molar-refractivity contribution in [1.29, 1.82) is 0 Å². The van der Waals surface area contributed by atoms with Gasteiger partial charge in [-0.3, -0.25) is 4.79 Å². The van der Waals surface area contributed by atoms with E-state index in [1.165, 1.54) is 19.1 Å². The number of ketones is 1. The van der Waals surface area contributed by atoms with Gasteiger partial charge < -0.3 is 4.74 Å². The average Bonchev–Trinajstić information content (AvgIpc) is 2.30. The lowest BCUT2D eigenvalue weighted by Gasteiger charge is -2.01. The fourth-order valence-corrected chi connectivity index (χ4v) is 1.75. The van der Waals surface area contributed by atoms with Crippen LogP contribution in [0.2, 0.25) is 0 Å². The molecule has 0 aliphatic carbocycles. The highest BCUT2D eigenvalue weighted by Crippen LogP contribution is 2.02. The van der Waals surface area contributed by atoms with Crippen LogP contribution in [0.5, 0.6) is 0 Å². The summed E-state index contributed by atoms with van der Waals surface area (Å²) in [5, 5.41) is 0. The van der Waals surface area contributed by atoms with Gasteiger partial charge in [0, 0.05) is 5.56 Å². The minimum Gasteiger partial charge on any atom is -0.460 e. The van der Waals surface area contributed by atoms with Crippen molar-refractivity contribution in [3.8, 4) is 0 Å². The molecule has 0 aliphatic heterocycles. The van der Waals surface area contributed by atoms with Crippen LogP contribution in [-0.2, 0) is 24.6 Å². The third kappa shape index (κ3) is 3.25. The summed E-state index contributed by atoms with van der Waals surface area (Å²) < 4.78 is 26.4. The lowest BCUT2D eigenvalue weighted by molar-refractivity contribution is -0.150. The maximum Gasteiger partial charge on any atom is 0.380 e. The molecule has 1 rings (SSSR count). The molecule has 0 fully saturated rings. The quantitative estimate of drug-likeness (QED) is 0.332. The molecule has 0 saturated heterocycles. The summed E-state index contributed by atoms with van der Waals surface area (Å²) in [7, 11) is -2.79. The van der Waals surface area contributed by atoms with Gasteiger partial charge in [0.2, 0.25) is 10.3 Å². The second-order valence-electron chi connectivity index (χ2n) is 2.98. The zero-order chi connectivity index (χ0) is 12.8. The number of ether oxygens (including phenoxy) is 1. The van der Waals surface area contributed by atoms with Crippen molar-refractivity contribution in [3.63, 3.8) is 0 Å². The maximum atomic E-state index is 11.6. The Bertz CT molecular complexity index is 549. The molecule has 17 heavy (non-hydrogen) atoms. The predicted octanol–water partition coefficient (Wildman–Crippen LogP) is 0.218. The second-order valence-corrected chi connectivity index (χ2v) is 3.86. The predicted molar refractivity (Wildman–Crippen MR) is 61.1 cm³/mol. The first-order chi connectivity index (χ1) is 8.07. The SMILES string of the molecule is CCOC(=O)C(=O)C(c1ccccc1)=S(=O)=O. The number of hydrogen-bond donors (Lipinski definition) is 0. The number of Topliss-reactive ketones (excluding diaryl/α,β-unsaturated/α-hetero) is 1. The molecular weight excluding hydrogens is 244 g/mol. The lowest BCUT2D eigenvalue weighted by Crippen LogP contribution is -2.27. The van der Waals surface area contributed by atoms with E-state index in [1.807, 2.05) is 0 Å². The van der Waals surface area contributed by atoms with Crippen LogP contribution < -0.4 is 0 Å². The smallest absolute Gasteiger partial charge is 0.380 e. The van der Waals surface area contributed by atoms with Gasteiger partial charge in [-0.25, -0.2) is 4.79 Å². The largest absolute Gasteiger partial charge is 0.460 e. The molecular formula is C11H10O5S. The molecule has 0 heterocycles. The molecule has 0 bridgehead atoms. The Morgan fingerprint density at radius 2 is 1.76 bits per heavy atom. The van der Waals surface area contributed by atoms with Gasteiger partial charge in [-0.2, -0.15) is 8.42 Å². The van der Waals surface area contributed by atoms with Crippen LogP contribution >= 0.6 is 0 Å². The van der Waals surface area contributed by atoms with Crippen LogP contribution in [0.1, 0.15) is 12.5 Å². The first-order valence-electron chi connectivity index (χ1n) is 4.81. The van der Waals surface area contributed by atoms with E-state index in [2.05, 4.69) is 4.74 Å². The molecule has 0 spiro atoms. The minimum absolute atomic E-state index is 0.0120. The molecule has 0 aromatic heterocycles. The first-order valence-corrected chi connectivity index (χ1v) is 5.88. The van der Waals surface area contributed by atoms with E-state index < -0.39 is 26.9 Å². The van der Waals surface area contributed by atoms with Crippen LogP contribution in [-0.4, -0.2) is 31.6 Å². The molecule has 0 saturated carbocycles. The Balaban J connectivity index is 3.20. The van der Waals surface area contributed by atoms with Crippen molar-refractivity contribution in [2.24, 2.45) is 0 Å². The Hall–Kier alpha value is -1.95. The third-order valence-corrected chi connectivity index (χ3v) is 2.62. The van der Waals surface area contributed by atoms with E-state index in [0.717, 1.165) is 0 Å². The summed E-state index contributed by atoms with van der Waals surface area (Å²) in [5.41, 5.74) is 0.166. The molecule has 6 heteroatoms. The van der Waals surface area contributed by atoms with E-state index in [9.17, 15) is 18.0 Å². The Morgan fingerprint density at radius 1 is 1.18 bits per heavy atom. The van der Waals surface area contributed by atoms with E-state index in [4.69, 9.17) is 0 Å². The summed E-state index contributed by atoms with van der Waals surface area (Å²) in [6.07, 6.45) is 0. The Labute approximate surface area is 99.6 Å². The number of benzene rings is 1. The second kappa shape index (κ2) is 5.95. The Morgan fingerprint density at radius 3 is 2.24 bits per heavy atom. The topological polar surface area (TPSA) is 77.5 Å². The van der Waals surface area contributed by atoms with Crippen LogP contribution in [0.15, 0.2) is 30.3 Å². The van der Waals surface area contributed by atoms with E-state index in [1.54, 1.807) is 18.2 Å². The zero-order valence-corrected chi connectivity index (χ0v) is 9.86. The summed E-state index contributed by atoms with van der Waals surface area (Å²) >= 11 is 0. The van der Waals surface area contributed by atoms with Crippen LogP contribution in [0.4, 0.5) is 0 Å². The van der Waals surface area contributed by atoms with Gasteiger partial charge in [0.25, 0.3) is 5.78 Å². The number of carbonyl (C=O) groups is 2. The molecule has 1 aromatic carbocycles. The summed E-state index contributed by atoms with van der Waals surface area (Å²) in [6, 6.07) is 7.68. The van der Waals surface area contributed by atoms with Gasteiger partial charge >= 0.3 is 5.97 Å².